The molecule has 0 bridgehead atoms. The third-order valence-electron chi connectivity index (χ3n) is 4.78. The van der Waals surface area contributed by atoms with Crippen LogP contribution in [0.4, 0.5) is 0 Å². The first-order valence-corrected chi connectivity index (χ1v) is 10.3. The SMILES string of the molecule is CCNC(=NCC(=O)NC1CCCCC1)NCCCOCC1CCCO1. The molecule has 0 spiro atoms. The molecule has 1 heterocycles. The Hall–Kier alpha value is -1.34. The maximum Gasteiger partial charge on any atom is 0.242 e. The number of aliphatic imine (C=N–C) groups is 1. The number of carbonyl (C=O) groups excluding carboxylic acids is 1. The van der Waals surface area contributed by atoms with Gasteiger partial charge in [-0.1, -0.05) is 19.3 Å². The molecule has 1 amide bonds. The van der Waals surface area contributed by atoms with Crippen LogP contribution >= 0.6 is 0 Å². The van der Waals surface area contributed by atoms with E-state index in [4.69, 9.17) is 9.47 Å². The molecule has 7 heteroatoms. The summed E-state index contributed by atoms with van der Waals surface area (Å²) < 4.78 is 11.2. The average Bonchev–Trinajstić information content (AvgIpc) is 3.16. The molecule has 1 saturated carbocycles. The molecule has 26 heavy (non-hydrogen) atoms. The van der Waals surface area contributed by atoms with Gasteiger partial charge in [-0.05, 0) is 39.0 Å². The molecule has 2 fully saturated rings. The van der Waals surface area contributed by atoms with Crippen LogP contribution in [0.2, 0.25) is 0 Å². The van der Waals surface area contributed by atoms with Crippen molar-refractivity contribution in [1.29, 1.82) is 0 Å². The maximum absolute atomic E-state index is 12.1. The molecule has 0 aromatic rings. The highest BCUT2D eigenvalue weighted by atomic mass is 16.5. The third-order valence-corrected chi connectivity index (χ3v) is 4.78. The molecule has 1 unspecified atom stereocenters. The molecular formula is C19H36N4O3. The topological polar surface area (TPSA) is 84.0 Å². The van der Waals surface area contributed by atoms with Gasteiger partial charge in [-0.3, -0.25) is 4.79 Å². The summed E-state index contributed by atoms with van der Waals surface area (Å²) in [5.74, 6) is 0.694. The number of nitrogens with one attached hydrogen (secondary N) is 3. The quantitative estimate of drug-likeness (QED) is 0.310. The zero-order valence-corrected chi connectivity index (χ0v) is 16.2. The smallest absolute Gasteiger partial charge is 0.242 e. The molecule has 150 valence electrons. The summed E-state index contributed by atoms with van der Waals surface area (Å²) in [5, 5.41) is 9.52. The van der Waals surface area contributed by atoms with Crippen LogP contribution in [0, 0.1) is 0 Å². The second kappa shape index (κ2) is 12.9. The van der Waals surface area contributed by atoms with Crippen molar-refractivity contribution in [2.24, 2.45) is 4.99 Å². The van der Waals surface area contributed by atoms with Gasteiger partial charge in [0.15, 0.2) is 5.96 Å². The Morgan fingerprint density at radius 1 is 1.15 bits per heavy atom. The van der Waals surface area contributed by atoms with Crippen LogP contribution < -0.4 is 16.0 Å². The number of amides is 1. The fourth-order valence-corrected chi connectivity index (χ4v) is 3.38. The Balaban J connectivity index is 1.56. The normalized spacial score (nSPS) is 21.6. The molecule has 0 aromatic heterocycles. The third kappa shape index (κ3) is 8.85. The van der Waals surface area contributed by atoms with Crippen molar-refractivity contribution in [3.63, 3.8) is 0 Å². The maximum atomic E-state index is 12.1. The van der Waals surface area contributed by atoms with Crippen LogP contribution in [0.15, 0.2) is 4.99 Å². The van der Waals surface area contributed by atoms with E-state index in [9.17, 15) is 4.79 Å². The highest BCUT2D eigenvalue weighted by Crippen LogP contribution is 2.17. The van der Waals surface area contributed by atoms with E-state index in [1.807, 2.05) is 6.92 Å². The van der Waals surface area contributed by atoms with Crippen molar-refractivity contribution in [2.75, 3.05) is 39.5 Å². The van der Waals surface area contributed by atoms with E-state index in [1.165, 1.54) is 19.3 Å². The molecule has 0 aromatic carbocycles. The first-order chi connectivity index (χ1) is 12.8. The van der Waals surface area contributed by atoms with Gasteiger partial charge >= 0.3 is 0 Å². The number of nitrogens with zero attached hydrogens (tertiary/aromatic N) is 1. The highest BCUT2D eigenvalue weighted by Gasteiger charge is 2.16. The molecule has 2 rings (SSSR count). The molecule has 2 aliphatic rings. The summed E-state index contributed by atoms with van der Waals surface area (Å²) in [6.07, 6.45) is 9.34. The molecule has 3 N–H and O–H groups in total. The average molecular weight is 369 g/mol. The van der Waals surface area contributed by atoms with E-state index in [1.54, 1.807) is 0 Å². The minimum Gasteiger partial charge on any atom is -0.379 e. The van der Waals surface area contributed by atoms with Crippen molar-refractivity contribution in [3.8, 4) is 0 Å². The summed E-state index contributed by atoms with van der Waals surface area (Å²) in [4.78, 5) is 16.4. The first-order valence-electron chi connectivity index (χ1n) is 10.3. The Labute approximate surface area is 157 Å². The summed E-state index contributed by atoms with van der Waals surface area (Å²) >= 11 is 0. The summed E-state index contributed by atoms with van der Waals surface area (Å²) in [5.41, 5.74) is 0. The predicted octanol–water partition coefficient (Wildman–Crippen LogP) is 1.58. The van der Waals surface area contributed by atoms with Crippen LogP contribution in [0.25, 0.3) is 0 Å². The zero-order valence-electron chi connectivity index (χ0n) is 16.2. The van der Waals surface area contributed by atoms with Crippen LogP contribution in [-0.2, 0) is 14.3 Å². The molecule has 7 nitrogen and oxygen atoms in total. The number of hydrogen-bond donors (Lipinski definition) is 3. The number of hydrogen-bond acceptors (Lipinski definition) is 4. The minimum absolute atomic E-state index is 0.00833. The fourth-order valence-electron chi connectivity index (χ4n) is 3.38. The van der Waals surface area contributed by atoms with Crippen LogP contribution in [0.3, 0.4) is 0 Å². The molecular weight excluding hydrogens is 332 g/mol. The fraction of sp³-hybridized carbons (Fsp3) is 0.895. The summed E-state index contributed by atoms with van der Waals surface area (Å²) in [6.45, 7) is 5.98. The van der Waals surface area contributed by atoms with E-state index in [2.05, 4.69) is 20.9 Å². The lowest BCUT2D eigenvalue weighted by Crippen LogP contribution is -2.41. The van der Waals surface area contributed by atoms with Gasteiger partial charge in [-0.15, -0.1) is 0 Å². The lowest BCUT2D eigenvalue weighted by Gasteiger charge is -2.22. The van der Waals surface area contributed by atoms with E-state index >= 15 is 0 Å². The van der Waals surface area contributed by atoms with Crippen molar-refractivity contribution < 1.29 is 14.3 Å². The zero-order chi connectivity index (χ0) is 18.5. The predicted molar refractivity (Wildman–Crippen MR) is 103 cm³/mol. The Morgan fingerprint density at radius 2 is 2.00 bits per heavy atom. The largest absolute Gasteiger partial charge is 0.379 e. The van der Waals surface area contributed by atoms with Gasteiger partial charge in [-0.25, -0.2) is 4.99 Å². The van der Waals surface area contributed by atoms with Gasteiger partial charge in [0.05, 0.1) is 12.7 Å². The van der Waals surface area contributed by atoms with Gasteiger partial charge in [0.25, 0.3) is 0 Å². The van der Waals surface area contributed by atoms with Gasteiger partial charge < -0.3 is 25.4 Å². The van der Waals surface area contributed by atoms with E-state index in [-0.39, 0.29) is 18.6 Å². The number of carbonyl (C=O) groups is 1. The lowest BCUT2D eigenvalue weighted by atomic mass is 9.95. The second-order valence-electron chi connectivity index (χ2n) is 7.09. The Bertz CT molecular complexity index is 419. The molecule has 1 atom stereocenters. The van der Waals surface area contributed by atoms with Gasteiger partial charge in [0.2, 0.25) is 5.91 Å². The van der Waals surface area contributed by atoms with Crippen LogP contribution in [0.5, 0.6) is 0 Å². The lowest BCUT2D eigenvalue weighted by molar-refractivity contribution is -0.120. The number of ether oxygens (including phenoxy) is 2. The van der Waals surface area contributed by atoms with E-state index in [0.29, 0.717) is 25.2 Å². The first kappa shape index (κ1) is 21.0. The summed E-state index contributed by atoms with van der Waals surface area (Å²) in [7, 11) is 0. The van der Waals surface area contributed by atoms with E-state index in [0.717, 1.165) is 51.8 Å². The van der Waals surface area contributed by atoms with Crippen molar-refractivity contribution in [2.45, 2.75) is 70.4 Å². The van der Waals surface area contributed by atoms with Crippen LogP contribution in [-0.4, -0.2) is 63.5 Å². The minimum atomic E-state index is 0.00833. The van der Waals surface area contributed by atoms with Crippen LogP contribution in [0.1, 0.15) is 58.3 Å². The van der Waals surface area contributed by atoms with Crippen molar-refractivity contribution in [1.82, 2.24) is 16.0 Å². The van der Waals surface area contributed by atoms with Gasteiger partial charge in [0.1, 0.15) is 6.54 Å². The molecule has 1 aliphatic carbocycles. The number of guanidine groups is 1. The number of rotatable bonds is 10. The highest BCUT2D eigenvalue weighted by molar-refractivity contribution is 5.84. The Morgan fingerprint density at radius 3 is 2.73 bits per heavy atom. The van der Waals surface area contributed by atoms with Crippen molar-refractivity contribution in [3.05, 3.63) is 0 Å². The van der Waals surface area contributed by atoms with Gasteiger partial charge in [-0.2, -0.15) is 0 Å². The summed E-state index contributed by atoms with van der Waals surface area (Å²) in [6, 6.07) is 0.336. The molecule has 0 radical (unpaired) electrons. The second-order valence-corrected chi connectivity index (χ2v) is 7.09. The molecule has 1 saturated heterocycles. The van der Waals surface area contributed by atoms with Crippen molar-refractivity contribution >= 4 is 11.9 Å². The van der Waals surface area contributed by atoms with E-state index < -0.39 is 0 Å². The molecule has 1 aliphatic heterocycles. The standard InChI is InChI=1S/C19H36N4O3/c1-2-20-19(21-11-7-12-25-15-17-10-6-13-26-17)22-14-18(24)23-16-8-4-3-5-9-16/h16-17H,2-15H2,1H3,(H,23,24)(H2,20,21,22). The Kier molecular flexibility index (Phi) is 10.4. The monoisotopic (exact) mass is 368 g/mol. The van der Waals surface area contributed by atoms with Gasteiger partial charge in [0, 0.05) is 32.3 Å².